The van der Waals surface area contributed by atoms with Crippen LogP contribution >= 0.6 is 11.8 Å². The largest absolute Gasteiger partial charge is 0.457 e. The molecule has 0 amide bonds. The molecule has 0 saturated heterocycles. The zero-order chi connectivity index (χ0) is 17.2. The smallest absolute Gasteiger partial charge is 0.400 e. The lowest BCUT2D eigenvalue weighted by Crippen LogP contribution is -2.09. The van der Waals surface area contributed by atoms with E-state index in [2.05, 4.69) is 29.4 Å². The summed E-state index contributed by atoms with van der Waals surface area (Å²) < 4.78 is 5.07. The second-order valence-corrected chi connectivity index (χ2v) is 6.76. The number of benzene rings is 2. The molecule has 5 heteroatoms. The first-order valence-electron chi connectivity index (χ1n) is 7.87. The molecule has 0 unspecified atom stereocenters. The summed E-state index contributed by atoms with van der Waals surface area (Å²) >= 11 is 1.76. The first-order valence-corrected chi connectivity index (χ1v) is 8.86. The van der Waals surface area contributed by atoms with E-state index in [1.807, 2.05) is 25.1 Å². The van der Waals surface area contributed by atoms with Crippen molar-refractivity contribution in [2.24, 2.45) is 5.16 Å². The van der Waals surface area contributed by atoms with Crippen LogP contribution in [0.2, 0.25) is 0 Å². The van der Waals surface area contributed by atoms with E-state index in [1.165, 1.54) is 6.26 Å². The fraction of sp³-hybridized carbons (Fsp3) is 0.100. The maximum atomic E-state index is 12.1. The highest BCUT2D eigenvalue weighted by molar-refractivity contribution is 7.98. The Morgan fingerprint density at radius 3 is 2.84 bits per heavy atom. The maximum Gasteiger partial charge on any atom is 0.400 e. The monoisotopic (exact) mass is 349 g/mol. The summed E-state index contributed by atoms with van der Waals surface area (Å²) in [6.45, 7) is 2.04. The van der Waals surface area contributed by atoms with Gasteiger partial charge in [0.25, 0.3) is 0 Å². The van der Waals surface area contributed by atoms with Gasteiger partial charge >= 0.3 is 5.97 Å². The van der Waals surface area contributed by atoms with Crippen molar-refractivity contribution in [3.05, 3.63) is 88.9 Å². The van der Waals surface area contributed by atoms with Crippen LogP contribution in [0.25, 0.3) is 0 Å². The van der Waals surface area contributed by atoms with Gasteiger partial charge in [-0.2, -0.15) is 0 Å². The average molecular weight is 349 g/mol. The topological polar surface area (TPSA) is 51.8 Å². The molecule has 0 N–H and O–H groups in total. The molecule has 0 radical (unpaired) electrons. The zero-order valence-corrected chi connectivity index (χ0v) is 14.4. The molecule has 0 fully saturated rings. The molecule has 1 aliphatic heterocycles. The lowest BCUT2D eigenvalue weighted by atomic mass is 9.97. The van der Waals surface area contributed by atoms with Crippen molar-refractivity contribution in [2.75, 3.05) is 0 Å². The Morgan fingerprint density at radius 1 is 1.12 bits per heavy atom. The van der Waals surface area contributed by atoms with Crippen molar-refractivity contribution >= 4 is 23.4 Å². The Balaban J connectivity index is 1.80. The molecular formula is C20H15NO3S. The quantitative estimate of drug-likeness (QED) is 0.492. The molecule has 1 aliphatic rings. The molecule has 0 saturated carbocycles. The second kappa shape index (κ2) is 6.61. The molecule has 25 heavy (non-hydrogen) atoms. The number of oxime groups is 1. The first kappa shape index (κ1) is 15.7. The molecule has 2 aromatic carbocycles. The number of carbonyl (C=O) groups is 1. The van der Waals surface area contributed by atoms with Gasteiger partial charge in [0.15, 0.2) is 0 Å². The Morgan fingerprint density at radius 2 is 2.00 bits per heavy atom. The van der Waals surface area contributed by atoms with Gasteiger partial charge < -0.3 is 9.25 Å². The highest BCUT2D eigenvalue weighted by Crippen LogP contribution is 2.34. The van der Waals surface area contributed by atoms with Gasteiger partial charge in [0, 0.05) is 21.8 Å². The number of thioether (sulfide) groups is 1. The molecule has 2 heterocycles. The summed E-state index contributed by atoms with van der Waals surface area (Å²) in [6, 6.07) is 17.5. The van der Waals surface area contributed by atoms with Crippen molar-refractivity contribution in [3.63, 3.8) is 0 Å². The minimum absolute atomic E-state index is 0.130. The maximum absolute atomic E-state index is 12.1. The van der Waals surface area contributed by atoms with E-state index in [-0.39, 0.29) is 5.76 Å². The van der Waals surface area contributed by atoms with Crippen LogP contribution in [0.3, 0.4) is 0 Å². The summed E-state index contributed by atoms with van der Waals surface area (Å²) in [6.07, 6.45) is 1.43. The van der Waals surface area contributed by atoms with Crippen molar-refractivity contribution in [2.45, 2.75) is 17.6 Å². The number of furan rings is 1. The van der Waals surface area contributed by atoms with Crippen molar-refractivity contribution in [1.29, 1.82) is 0 Å². The van der Waals surface area contributed by atoms with Crippen LogP contribution in [0.4, 0.5) is 0 Å². The van der Waals surface area contributed by atoms with E-state index in [9.17, 15) is 4.79 Å². The number of carbonyl (C=O) groups excluding carboxylic acids is 1. The number of aryl methyl sites for hydroxylation is 1. The lowest BCUT2D eigenvalue weighted by Gasteiger charge is -2.10. The van der Waals surface area contributed by atoms with Gasteiger partial charge in [0.1, 0.15) is 5.71 Å². The van der Waals surface area contributed by atoms with Gasteiger partial charge in [-0.1, -0.05) is 41.1 Å². The van der Waals surface area contributed by atoms with Gasteiger partial charge in [-0.15, -0.1) is 11.8 Å². The van der Waals surface area contributed by atoms with Crippen LogP contribution in [-0.2, 0) is 10.6 Å². The molecule has 4 nitrogen and oxygen atoms in total. The van der Waals surface area contributed by atoms with Crippen molar-refractivity contribution in [1.82, 2.24) is 0 Å². The first-order chi connectivity index (χ1) is 12.2. The van der Waals surface area contributed by atoms with Gasteiger partial charge in [0.2, 0.25) is 5.76 Å². The van der Waals surface area contributed by atoms with E-state index < -0.39 is 5.97 Å². The van der Waals surface area contributed by atoms with E-state index in [0.717, 1.165) is 32.9 Å². The number of nitrogens with zero attached hydrogens (tertiary/aromatic N) is 1. The average Bonchev–Trinajstić information content (AvgIpc) is 3.12. The van der Waals surface area contributed by atoms with Crippen LogP contribution in [0.1, 0.15) is 32.8 Å². The van der Waals surface area contributed by atoms with E-state index >= 15 is 0 Å². The molecule has 124 valence electrons. The third kappa shape index (κ3) is 3.10. The molecular weight excluding hydrogens is 334 g/mol. The molecule has 0 bridgehead atoms. The molecule has 0 spiro atoms. The normalized spacial score (nSPS) is 14.5. The molecule has 4 rings (SSSR count). The van der Waals surface area contributed by atoms with Gasteiger partial charge in [-0.05, 0) is 36.8 Å². The Hall–Kier alpha value is -2.79. The van der Waals surface area contributed by atoms with Crippen LogP contribution in [-0.4, -0.2) is 11.7 Å². The minimum Gasteiger partial charge on any atom is -0.457 e. The molecule has 3 aromatic rings. The zero-order valence-electron chi connectivity index (χ0n) is 13.6. The Labute approximate surface area is 149 Å². The summed E-state index contributed by atoms with van der Waals surface area (Å²) in [5, 5.41) is 4.22. The number of hydrogen-bond donors (Lipinski definition) is 0. The molecule has 0 atom stereocenters. The fourth-order valence-electron chi connectivity index (χ4n) is 2.76. The van der Waals surface area contributed by atoms with E-state index in [1.54, 1.807) is 23.9 Å². The van der Waals surface area contributed by atoms with Crippen LogP contribution in [0.5, 0.6) is 0 Å². The lowest BCUT2D eigenvalue weighted by molar-refractivity contribution is 0.0480. The van der Waals surface area contributed by atoms with Crippen LogP contribution in [0.15, 0.2) is 75.3 Å². The van der Waals surface area contributed by atoms with E-state index in [4.69, 9.17) is 9.25 Å². The fourth-order valence-corrected chi connectivity index (χ4v) is 3.80. The van der Waals surface area contributed by atoms with Crippen LogP contribution < -0.4 is 0 Å². The highest BCUT2D eigenvalue weighted by atomic mass is 32.2. The Kier molecular flexibility index (Phi) is 4.15. The summed E-state index contributed by atoms with van der Waals surface area (Å²) in [5.74, 6) is 0.364. The predicted octanol–water partition coefficient (Wildman–Crippen LogP) is 4.80. The van der Waals surface area contributed by atoms with Crippen molar-refractivity contribution < 1.29 is 14.0 Å². The predicted molar refractivity (Wildman–Crippen MR) is 96.9 cm³/mol. The second-order valence-electron chi connectivity index (χ2n) is 5.74. The van der Waals surface area contributed by atoms with Gasteiger partial charge in [-0.25, -0.2) is 4.79 Å². The van der Waals surface area contributed by atoms with Gasteiger partial charge in [-0.3, -0.25) is 0 Å². The summed E-state index contributed by atoms with van der Waals surface area (Å²) in [4.78, 5) is 18.4. The standard InChI is InChI=1S/C20H15NO3S/c1-13-8-9-18-16(11-13)19(15-6-3-2-5-14(15)12-25-18)21-24-20(22)17-7-4-10-23-17/h2-11H,12H2,1H3/b21-19+. The number of rotatable bonds is 2. The SMILES string of the molecule is Cc1ccc2c(c1)/C(=N/OC(=O)c1ccco1)c1ccccc1CS2. The Bertz CT molecular complexity index is 961. The summed E-state index contributed by atoms with van der Waals surface area (Å²) in [7, 11) is 0. The minimum atomic E-state index is -0.610. The molecule has 0 aliphatic carbocycles. The third-order valence-electron chi connectivity index (χ3n) is 3.99. The van der Waals surface area contributed by atoms with Gasteiger partial charge in [0.05, 0.1) is 6.26 Å². The highest BCUT2D eigenvalue weighted by Gasteiger charge is 2.21. The number of hydrogen-bond acceptors (Lipinski definition) is 5. The van der Waals surface area contributed by atoms with Crippen LogP contribution in [0, 0.1) is 6.92 Å². The van der Waals surface area contributed by atoms with Crippen molar-refractivity contribution in [3.8, 4) is 0 Å². The molecule has 1 aromatic heterocycles. The third-order valence-corrected chi connectivity index (χ3v) is 5.11. The number of fused-ring (bicyclic) bond motifs is 2. The summed E-state index contributed by atoms with van der Waals surface area (Å²) in [5.41, 5.74) is 4.91. The van der Waals surface area contributed by atoms with E-state index in [0.29, 0.717) is 5.71 Å².